The molecule has 3 nitrogen and oxygen atoms in total. The number of anilines is 1. The summed E-state index contributed by atoms with van der Waals surface area (Å²) in [5.74, 6) is 0.485. The molecule has 0 saturated heterocycles. The van der Waals surface area contributed by atoms with Crippen molar-refractivity contribution in [3.05, 3.63) is 52.4 Å². The van der Waals surface area contributed by atoms with E-state index < -0.39 is 0 Å². The summed E-state index contributed by atoms with van der Waals surface area (Å²) in [5.41, 5.74) is 8.24. The summed E-state index contributed by atoms with van der Waals surface area (Å²) < 4.78 is 0.881. The van der Waals surface area contributed by atoms with Gasteiger partial charge in [0.15, 0.2) is 5.69 Å². The fourth-order valence-corrected chi connectivity index (χ4v) is 1.73. The van der Waals surface area contributed by atoms with E-state index in [1.165, 1.54) is 0 Å². The van der Waals surface area contributed by atoms with Gasteiger partial charge in [-0.25, -0.2) is 9.83 Å². The molecule has 2 aromatic rings. The van der Waals surface area contributed by atoms with Gasteiger partial charge < -0.3 is 5.73 Å². The molecule has 0 spiro atoms. The highest BCUT2D eigenvalue weighted by atomic mass is 79.9. The SMILES string of the molecule is [C-]#[N+]c1ccc(-c2cc(Br)cnc2N)cc1. The smallest absolute Gasteiger partial charge is 0.187 e. The van der Waals surface area contributed by atoms with Crippen molar-refractivity contribution in [3.8, 4) is 11.1 Å². The largest absolute Gasteiger partial charge is 0.383 e. The Hall–Kier alpha value is -1.86. The van der Waals surface area contributed by atoms with E-state index in [0.29, 0.717) is 11.5 Å². The second-order valence-electron chi connectivity index (χ2n) is 3.25. The molecule has 0 saturated carbocycles. The number of pyridine rings is 1. The second kappa shape index (κ2) is 4.33. The number of nitrogen functional groups attached to an aromatic ring is 1. The van der Waals surface area contributed by atoms with E-state index in [1.54, 1.807) is 18.3 Å². The summed E-state index contributed by atoms with van der Waals surface area (Å²) in [7, 11) is 0. The number of rotatable bonds is 1. The fourth-order valence-electron chi connectivity index (χ4n) is 1.40. The molecular weight excluding hydrogens is 266 g/mol. The summed E-state index contributed by atoms with van der Waals surface area (Å²) in [6.45, 7) is 6.88. The van der Waals surface area contributed by atoms with Crippen LogP contribution in [-0.2, 0) is 0 Å². The third-order valence-corrected chi connectivity index (χ3v) is 2.63. The lowest BCUT2D eigenvalue weighted by Gasteiger charge is -2.05. The van der Waals surface area contributed by atoms with E-state index in [2.05, 4.69) is 25.8 Å². The zero-order valence-corrected chi connectivity index (χ0v) is 9.90. The van der Waals surface area contributed by atoms with Gasteiger partial charge in [0.25, 0.3) is 0 Å². The van der Waals surface area contributed by atoms with Gasteiger partial charge >= 0.3 is 0 Å². The maximum atomic E-state index is 6.88. The highest BCUT2D eigenvalue weighted by Crippen LogP contribution is 2.28. The average molecular weight is 274 g/mol. The van der Waals surface area contributed by atoms with Crippen LogP contribution in [0.1, 0.15) is 0 Å². The Morgan fingerprint density at radius 2 is 1.94 bits per heavy atom. The van der Waals surface area contributed by atoms with Gasteiger partial charge in [-0.1, -0.05) is 24.3 Å². The highest BCUT2D eigenvalue weighted by Gasteiger charge is 2.04. The Balaban J connectivity index is 2.50. The minimum Gasteiger partial charge on any atom is -0.383 e. The summed E-state index contributed by atoms with van der Waals surface area (Å²) >= 11 is 3.36. The number of hydrogen-bond acceptors (Lipinski definition) is 2. The number of nitrogens with zero attached hydrogens (tertiary/aromatic N) is 2. The summed E-state index contributed by atoms with van der Waals surface area (Å²) in [4.78, 5) is 7.41. The lowest BCUT2D eigenvalue weighted by Crippen LogP contribution is -1.93. The lowest BCUT2D eigenvalue weighted by molar-refractivity contribution is 1.32. The van der Waals surface area contributed by atoms with Gasteiger partial charge in [0.05, 0.1) is 6.57 Å². The van der Waals surface area contributed by atoms with Gasteiger partial charge in [0.2, 0.25) is 0 Å². The van der Waals surface area contributed by atoms with Crippen LogP contribution in [-0.4, -0.2) is 4.98 Å². The highest BCUT2D eigenvalue weighted by molar-refractivity contribution is 9.10. The first-order valence-electron chi connectivity index (χ1n) is 4.59. The van der Waals surface area contributed by atoms with Crippen molar-refractivity contribution in [2.45, 2.75) is 0 Å². The third kappa shape index (κ3) is 2.05. The van der Waals surface area contributed by atoms with Gasteiger partial charge in [-0.2, -0.15) is 0 Å². The molecule has 0 aliphatic carbocycles. The molecule has 16 heavy (non-hydrogen) atoms. The van der Waals surface area contributed by atoms with Crippen LogP contribution < -0.4 is 5.73 Å². The van der Waals surface area contributed by atoms with Crippen molar-refractivity contribution in [2.24, 2.45) is 0 Å². The van der Waals surface area contributed by atoms with Gasteiger partial charge in [0, 0.05) is 16.2 Å². The fraction of sp³-hybridized carbons (Fsp3) is 0. The van der Waals surface area contributed by atoms with E-state index in [1.807, 2.05) is 18.2 Å². The molecule has 0 bridgehead atoms. The molecule has 0 aliphatic heterocycles. The van der Waals surface area contributed by atoms with E-state index >= 15 is 0 Å². The molecule has 0 atom stereocenters. The van der Waals surface area contributed by atoms with Crippen LogP contribution in [0.5, 0.6) is 0 Å². The first-order valence-corrected chi connectivity index (χ1v) is 5.39. The van der Waals surface area contributed by atoms with E-state index in [-0.39, 0.29) is 0 Å². The van der Waals surface area contributed by atoms with Crippen LogP contribution in [0.2, 0.25) is 0 Å². The minimum atomic E-state index is 0.485. The number of halogens is 1. The predicted octanol–water partition coefficient (Wildman–Crippen LogP) is 3.64. The number of aromatic nitrogens is 1. The molecular formula is C12H8BrN3. The van der Waals surface area contributed by atoms with Crippen molar-refractivity contribution in [1.82, 2.24) is 4.98 Å². The molecule has 1 heterocycles. The molecule has 2 N–H and O–H groups in total. The standard InChI is InChI=1S/C12H8BrN3/c1-15-10-4-2-8(3-5-10)11-6-9(13)7-16-12(11)14/h2-7H,(H2,14,16). The molecule has 0 aliphatic rings. The molecule has 1 aromatic carbocycles. The topological polar surface area (TPSA) is 43.3 Å². The number of nitrogens with two attached hydrogens (primary N) is 1. The zero-order chi connectivity index (χ0) is 11.5. The minimum absolute atomic E-state index is 0.485. The van der Waals surface area contributed by atoms with Crippen molar-refractivity contribution in [2.75, 3.05) is 5.73 Å². The van der Waals surface area contributed by atoms with E-state index in [4.69, 9.17) is 12.3 Å². The molecule has 4 heteroatoms. The van der Waals surface area contributed by atoms with Crippen LogP contribution in [0.3, 0.4) is 0 Å². The van der Waals surface area contributed by atoms with Crippen LogP contribution >= 0.6 is 15.9 Å². The summed E-state index contributed by atoms with van der Waals surface area (Å²) in [6, 6.07) is 9.18. The molecule has 2 rings (SSSR count). The molecule has 1 aromatic heterocycles. The summed E-state index contributed by atoms with van der Waals surface area (Å²) in [5, 5.41) is 0. The quantitative estimate of drug-likeness (QED) is 0.807. The maximum Gasteiger partial charge on any atom is 0.187 e. The Bertz CT molecular complexity index is 555. The lowest BCUT2D eigenvalue weighted by atomic mass is 10.1. The second-order valence-corrected chi connectivity index (χ2v) is 4.16. The van der Waals surface area contributed by atoms with Crippen molar-refractivity contribution in [1.29, 1.82) is 0 Å². The molecule has 0 unspecified atom stereocenters. The normalized spacial score (nSPS) is 9.75. The number of hydrogen-bond donors (Lipinski definition) is 1. The first-order chi connectivity index (χ1) is 7.70. The van der Waals surface area contributed by atoms with Gasteiger partial charge in [-0.3, -0.25) is 0 Å². The van der Waals surface area contributed by atoms with Gasteiger partial charge in [-0.15, -0.1) is 0 Å². The van der Waals surface area contributed by atoms with Crippen LogP contribution in [0, 0.1) is 6.57 Å². The van der Waals surface area contributed by atoms with Gasteiger partial charge in [0.1, 0.15) is 5.82 Å². The molecule has 0 amide bonds. The maximum absolute atomic E-state index is 6.88. The molecule has 78 valence electrons. The van der Waals surface area contributed by atoms with E-state index in [0.717, 1.165) is 15.6 Å². The third-order valence-electron chi connectivity index (χ3n) is 2.19. The van der Waals surface area contributed by atoms with Crippen LogP contribution in [0.25, 0.3) is 16.0 Å². The first kappa shape index (κ1) is 10.7. The molecule has 0 radical (unpaired) electrons. The van der Waals surface area contributed by atoms with Crippen molar-refractivity contribution in [3.63, 3.8) is 0 Å². The van der Waals surface area contributed by atoms with Crippen LogP contribution in [0.4, 0.5) is 11.5 Å². The van der Waals surface area contributed by atoms with Crippen LogP contribution in [0.15, 0.2) is 41.0 Å². The average Bonchev–Trinajstić information content (AvgIpc) is 2.32. The Morgan fingerprint density at radius 3 is 2.56 bits per heavy atom. The van der Waals surface area contributed by atoms with Gasteiger partial charge in [-0.05, 0) is 27.6 Å². The Morgan fingerprint density at radius 1 is 1.25 bits per heavy atom. The monoisotopic (exact) mass is 273 g/mol. The Kier molecular flexibility index (Phi) is 2.88. The zero-order valence-electron chi connectivity index (χ0n) is 8.31. The predicted molar refractivity (Wildman–Crippen MR) is 68.0 cm³/mol. The van der Waals surface area contributed by atoms with Crippen molar-refractivity contribution >= 4 is 27.4 Å². The summed E-state index contributed by atoms with van der Waals surface area (Å²) in [6.07, 6.45) is 1.66. The number of benzene rings is 1. The molecule has 0 fully saturated rings. The van der Waals surface area contributed by atoms with Crippen molar-refractivity contribution < 1.29 is 0 Å². The Labute approximate surface area is 102 Å². The van der Waals surface area contributed by atoms with E-state index in [9.17, 15) is 0 Å².